The number of aliphatic hydroxyl groups is 1. The van der Waals surface area contributed by atoms with Gasteiger partial charge in [0.1, 0.15) is 0 Å². The van der Waals surface area contributed by atoms with Crippen molar-refractivity contribution in [1.82, 2.24) is 25.0 Å². The second kappa shape index (κ2) is 8.25. The monoisotopic (exact) mass is 462 g/mol. The molecule has 10 nitrogen and oxygen atoms in total. The molecule has 1 aliphatic heterocycles. The molecule has 2 aromatic rings. The van der Waals surface area contributed by atoms with Crippen LogP contribution in [0.5, 0.6) is 0 Å². The molecule has 176 valence electrons. The van der Waals surface area contributed by atoms with Gasteiger partial charge in [0.2, 0.25) is 11.5 Å². The molecule has 2 aromatic heterocycles. The Morgan fingerprint density at radius 1 is 1.32 bits per heavy atom. The van der Waals surface area contributed by atoms with E-state index in [1.165, 1.54) is 4.90 Å². The predicted octanol–water partition coefficient (Wildman–Crippen LogP) is 0.214. The second-order valence-electron chi connectivity index (χ2n) is 9.20. The first-order chi connectivity index (χ1) is 16.3. The van der Waals surface area contributed by atoms with Crippen molar-refractivity contribution in [3.05, 3.63) is 40.8 Å². The SMILES string of the molecule is CN1CCC(O)(C#Cc2ccnc(-n3nc(C(N)=O)c4c3CCCC4NC(=O)C3CC3)c2)C1=O. The fourth-order valence-corrected chi connectivity index (χ4v) is 4.60. The standard InChI is InChI=1S/C24H26N6O4/c1-29-12-10-24(34,23(29)33)9-7-14-8-11-26-18(13-14)30-17-4-2-3-16(27-22(32)15-5-6-15)19(17)20(28-30)21(25)31/h8,11,13,15-16,34H,2-6,10,12H2,1H3,(H2,25,31)(H,27,32). The Hall–Kier alpha value is -3.71. The molecular formula is C24H26N6O4. The summed E-state index contributed by atoms with van der Waals surface area (Å²) in [6.45, 7) is 0.444. The number of carbonyl (C=O) groups is 3. The highest BCUT2D eigenvalue weighted by molar-refractivity contribution is 5.93. The number of fused-ring (bicyclic) bond motifs is 1. The molecule has 2 atom stereocenters. The van der Waals surface area contributed by atoms with Gasteiger partial charge in [-0.3, -0.25) is 14.4 Å². The first kappa shape index (κ1) is 22.1. The number of hydrogen-bond acceptors (Lipinski definition) is 6. The van der Waals surface area contributed by atoms with Crippen molar-refractivity contribution in [3.8, 4) is 17.7 Å². The van der Waals surface area contributed by atoms with Crippen LogP contribution in [0.4, 0.5) is 0 Å². The summed E-state index contributed by atoms with van der Waals surface area (Å²) in [5, 5.41) is 18.1. The lowest BCUT2D eigenvalue weighted by atomic mass is 9.90. The van der Waals surface area contributed by atoms with Gasteiger partial charge in [-0.1, -0.05) is 11.8 Å². The van der Waals surface area contributed by atoms with Crippen LogP contribution in [-0.4, -0.2) is 61.7 Å². The Kier molecular flexibility index (Phi) is 5.37. The molecule has 0 spiro atoms. The third kappa shape index (κ3) is 3.92. The summed E-state index contributed by atoms with van der Waals surface area (Å²) in [5.41, 5.74) is 6.05. The van der Waals surface area contributed by atoms with Crippen molar-refractivity contribution in [1.29, 1.82) is 0 Å². The van der Waals surface area contributed by atoms with Crippen LogP contribution in [0.3, 0.4) is 0 Å². The van der Waals surface area contributed by atoms with E-state index >= 15 is 0 Å². The van der Waals surface area contributed by atoms with Gasteiger partial charge < -0.3 is 21.1 Å². The van der Waals surface area contributed by atoms with Gasteiger partial charge in [0.25, 0.3) is 11.8 Å². The Morgan fingerprint density at radius 3 is 2.79 bits per heavy atom. The van der Waals surface area contributed by atoms with Crippen LogP contribution in [-0.2, 0) is 16.0 Å². The summed E-state index contributed by atoms with van der Waals surface area (Å²) in [4.78, 5) is 42.7. The Balaban J connectivity index is 1.49. The van der Waals surface area contributed by atoms with Crippen molar-refractivity contribution in [2.24, 2.45) is 11.7 Å². The lowest BCUT2D eigenvalue weighted by molar-refractivity contribution is -0.137. The van der Waals surface area contributed by atoms with Crippen LogP contribution in [0.25, 0.3) is 5.82 Å². The van der Waals surface area contributed by atoms with Crippen LogP contribution in [0.1, 0.15) is 65.5 Å². The molecule has 3 amide bonds. The average molecular weight is 463 g/mol. The second-order valence-corrected chi connectivity index (χ2v) is 9.20. The van der Waals surface area contributed by atoms with Gasteiger partial charge >= 0.3 is 0 Å². The van der Waals surface area contributed by atoms with E-state index in [1.807, 2.05) is 0 Å². The Bertz CT molecular complexity index is 1250. The van der Waals surface area contributed by atoms with Crippen LogP contribution in [0.15, 0.2) is 18.3 Å². The number of likely N-dealkylation sites (tertiary alicyclic amines) is 1. The summed E-state index contributed by atoms with van der Waals surface area (Å²) in [5.74, 6) is 4.99. The molecule has 34 heavy (non-hydrogen) atoms. The largest absolute Gasteiger partial charge is 0.369 e. The van der Waals surface area contributed by atoms with Crippen LogP contribution in [0, 0.1) is 17.8 Å². The number of primary amides is 1. The number of nitrogens with one attached hydrogen (secondary N) is 1. The molecule has 2 fully saturated rings. The first-order valence-corrected chi connectivity index (χ1v) is 11.5. The maximum Gasteiger partial charge on any atom is 0.269 e. The summed E-state index contributed by atoms with van der Waals surface area (Å²) < 4.78 is 1.58. The smallest absolute Gasteiger partial charge is 0.269 e. The minimum Gasteiger partial charge on any atom is -0.369 e. The zero-order chi connectivity index (χ0) is 24.0. The molecule has 1 saturated heterocycles. The molecule has 0 aromatic carbocycles. The van der Waals surface area contributed by atoms with Crippen molar-refractivity contribution in [2.45, 2.75) is 50.2 Å². The molecule has 5 rings (SSSR count). The van der Waals surface area contributed by atoms with Gasteiger partial charge in [-0.05, 0) is 44.2 Å². The van der Waals surface area contributed by atoms with Crippen molar-refractivity contribution in [3.63, 3.8) is 0 Å². The number of hydrogen-bond donors (Lipinski definition) is 3. The number of amides is 3. The van der Waals surface area contributed by atoms with E-state index in [4.69, 9.17) is 5.73 Å². The number of nitrogens with zero attached hydrogens (tertiary/aromatic N) is 4. The first-order valence-electron chi connectivity index (χ1n) is 11.5. The minimum absolute atomic E-state index is 0.00135. The Labute approximate surface area is 196 Å². The van der Waals surface area contributed by atoms with E-state index in [9.17, 15) is 19.5 Å². The van der Waals surface area contributed by atoms with E-state index in [0.29, 0.717) is 36.3 Å². The number of pyridine rings is 1. The molecule has 10 heteroatoms. The number of aromatic nitrogens is 3. The van der Waals surface area contributed by atoms with Crippen molar-refractivity contribution in [2.75, 3.05) is 13.6 Å². The van der Waals surface area contributed by atoms with E-state index in [-0.39, 0.29) is 30.0 Å². The third-order valence-corrected chi connectivity index (χ3v) is 6.66. The maximum absolute atomic E-state index is 12.4. The zero-order valence-corrected chi connectivity index (χ0v) is 18.9. The predicted molar refractivity (Wildman–Crippen MR) is 121 cm³/mol. The lowest BCUT2D eigenvalue weighted by Gasteiger charge is -2.24. The summed E-state index contributed by atoms with van der Waals surface area (Å²) in [7, 11) is 1.63. The molecule has 0 radical (unpaired) electrons. The lowest BCUT2D eigenvalue weighted by Crippen LogP contribution is -2.37. The molecule has 4 N–H and O–H groups in total. The van der Waals surface area contributed by atoms with E-state index < -0.39 is 17.4 Å². The van der Waals surface area contributed by atoms with Crippen molar-refractivity contribution >= 4 is 17.7 Å². The molecule has 2 aliphatic carbocycles. The normalized spacial score (nSPS) is 23.8. The number of nitrogens with two attached hydrogens (primary N) is 1. The van der Waals surface area contributed by atoms with Crippen LogP contribution in [0.2, 0.25) is 0 Å². The van der Waals surface area contributed by atoms with Crippen LogP contribution < -0.4 is 11.1 Å². The Morgan fingerprint density at radius 2 is 2.12 bits per heavy atom. The maximum atomic E-state index is 12.4. The highest BCUT2D eigenvalue weighted by Gasteiger charge is 2.42. The summed E-state index contributed by atoms with van der Waals surface area (Å²) in [6.07, 6.45) is 5.76. The zero-order valence-electron chi connectivity index (χ0n) is 18.9. The molecule has 2 unspecified atom stereocenters. The highest BCUT2D eigenvalue weighted by atomic mass is 16.3. The van der Waals surface area contributed by atoms with Crippen LogP contribution >= 0.6 is 0 Å². The number of likely N-dealkylation sites (N-methyl/N-ethyl adjacent to an activating group) is 1. The average Bonchev–Trinajstić information content (AvgIpc) is 3.56. The molecule has 1 saturated carbocycles. The fraction of sp³-hybridized carbons (Fsp3) is 0.458. The highest BCUT2D eigenvalue weighted by Crippen LogP contribution is 2.36. The third-order valence-electron chi connectivity index (χ3n) is 6.66. The molecule has 3 aliphatic rings. The van der Waals surface area contributed by atoms with Gasteiger partial charge in [0, 0.05) is 43.3 Å². The van der Waals surface area contributed by atoms with Gasteiger partial charge in [-0.25, -0.2) is 9.67 Å². The molecule has 0 bridgehead atoms. The number of carbonyl (C=O) groups excluding carboxylic acids is 3. The summed E-state index contributed by atoms with van der Waals surface area (Å²) in [6, 6.07) is 3.03. The van der Waals surface area contributed by atoms with Gasteiger partial charge in [-0.2, -0.15) is 5.10 Å². The minimum atomic E-state index is -1.70. The molecular weight excluding hydrogens is 436 g/mol. The molecule has 3 heterocycles. The van der Waals surface area contributed by atoms with Gasteiger partial charge in [0.15, 0.2) is 11.5 Å². The fourth-order valence-electron chi connectivity index (χ4n) is 4.60. The van der Waals surface area contributed by atoms with Gasteiger partial charge in [-0.15, -0.1) is 0 Å². The summed E-state index contributed by atoms with van der Waals surface area (Å²) >= 11 is 0. The quantitative estimate of drug-likeness (QED) is 0.555. The topological polar surface area (TPSA) is 143 Å². The van der Waals surface area contributed by atoms with Gasteiger partial charge in [0.05, 0.1) is 11.7 Å². The van der Waals surface area contributed by atoms with Crippen molar-refractivity contribution < 1.29 is 19.5 Å². The van der Waals surface area contributed by atoms with E-state index in [0.717, 1.165) is 25.0 Å². The van der Waals surface area contributed by atoms with E-state index in [2.05, 4.69) is 27.2 Å². The number of rotatable bonds is 4. The van der Waals surface area contributed by atoms with E-state index in [1.54, 1.807) is 30.1 Å².